The van der Waals surface area contributed by atoms with Gasteiger partial charge in [-0.15, -0.1) is 0 Å². The smallest absolute Gasteiger partial charge is 0.254 e. The van der Waals surface area contributed by atoms with Gasteiger partial charge >= 0.3 is 0 Å². The van der Waals surface area contributed by atoms with Crippen LogP contribution in [0.25, 0.3) is 10.9 Å². The van der Waals surface area contributed by atoms with E-state index < -0.39 is 0 Å². The molecular weight excluding hydrogens is 296 g/mol. The van der Waals surface area contributed by atoms with Gasteiger partial charge in [-0.25, -0.2) is 0 Å². The van der Waals surface area contributed by atoms with Crippen LogP contribution in [0.4, 0.5) is 0 Å². The van der Waals surface area contributed by atoms with E-state index in [-0.39, 0.29) is 5.91 Å². The molecule has 1 aliphatic carbocycles. The van der Waals surface area contributed by atoms with Crippen LogP contribution in [0.3, 0.4) is 0 Å². The SMILES string of the molecule is Cc1ccc2nc3c(c(C(=O)N4CCCCC4)c2c1)CCCCC3. The Morgan fingerprint density at radius 3 is 2.58 bits per heavy atom. The number of aryl methyl sites for hydroxylation is 2. The zero-order valence-electron chi connectivity index (χ0n) is 14.6. The lowest BCUT2D eigenvalue weighted by atomic mass is 9.94. The molecule has 1 fully saturated rings. The van der Waals surface area contributed by atoms with Gasteiger partial charge in [0.25, 0.3) is 5.91 Å². The van der Waals surface area contributed by atoms with Crippen LogP contribution in [-0.2, 0) is 12.8 Å². The minimum Gasteiger partial charge on any atom is -0.339 e. The number of benzene rings is 1. The fourth-order valence-corrected chi connectivity index (χ4v) is 4.21. The third-order valence-corrected chi connectivity index (χ3v) is 5.52. The minimum atomic E-state index is 0.242. The van der Waals surface area contributed by atoms with Crippen LogP contribution in [0.2, 0.25) is 0 Å². The van der Waals surface area contributed by atoms with E-state index in [4.69, 9.17) is 4.98 Å². The Morgan fingerprint density at radius 2 is 1.75 bits per heavy atom. The van der Waals surface area contributed by atoms with Gasteiger partial charge in [0.05, 0.1) is 11.1 Å². The molecule has 4 rings (SSSR count). The summed E-state index contributed by atoms with van der Waals surface area (Å²) in [4.78, 5) is 20.4. The fraction of sp³-hybridized carbons (Fsp3) is 0.524. The Hall–Kier alpha value is -1.90. The van der Waals surface area contributed by atoms with Crippen LogP contribution in [0.1, 0.15) is 65.7 Å². The predicted octanol–water partition coefficient (Wildman–Crippen LogP) is 4.44. The second-order valence-electron chi connectivity index (χ2n) is 7.35. The number of fused-ring (bicyclic) bond motifs is 2. The first-order valence-corrected chi connectivity index (χ1v) is 9.45. The van der Waals surface area contributed by atoms with Gasteiger partial charge in [0.15, 0.2) is 0 Å². The summed E-state index contributed by atoms with van der Waals surface area (Å²) in [5, 5.41) is 1.06. The molecule has 126 valence electrons. The highest BCUT2D eigenvalue weighted by atomic mass is 16.2. The van der Waals surface area contributed by atoms with Crippen LogP contribution < -0.4 is 0 Å². The van der Waals surface area contributed by atoms with Crippen LogP contribution >= 0.6 is 0 Å². The molecule has 2 aliphatic rings. The molecule has 0 atom stereocenters. The van der Waals surface area contributed by atoms with Gasteiger partial charge in [-0.2, -0.15) is 0 Å². The number of rotatable bonds is 1. The summed E-state index contributed by atoms with van der Waals surface area (Å²) in [7, 11) is 0. The highest BCUT2D eigenvalue weighted by molar-refractivity contribution is 6.08. The van der Waals surface area contributed by atoms with Crippen molar-refractivity contribution in [3.63, 3.8) is 0 Å². The molecule has 1 aromatic heterocycles. The summed E-state index contributed by atoms with van der Waals surface area (Å²) in [6.07, 6.45) is 9.13. The topological polar surface area (TPSA) is 33.2 Å². The van der Waals surface area contributed by atoms with Crippen LogP contribution in [0, 0.1) is 6.92 Å². The quantitative estimate of drug-likeness (QED) is 0.727. The van der Waals surface area contributed by atoms with Crippen molar-refractivity contribution in [2.45, 2.75) is 58.3 Å². The number of nitrogens with zero attached hydrogens (tertiary/aromatic N) is 2. The zero-order chi connectivity index (χ0) is 16.5. The summed E-state index contributed by atoms with van der Waals surface area (Å²) in [6, 6.07) is 6.35. The van der Waals surface area contributed by atoms with Crippen molar-refractivity contribution in [1.29, 1.82) is 0 Å². The van der Waals surface area contributed by atoms with Crippen molar-refractivity contribution >= 4 is 16.8 Å². The second-order valence-corrected chi connectivity index (χ2v) is 7.35. The van der Waals surface area contributed by atoms with Crippen molar-refractivity contribution in [3.05, 3.63) is 40.6 Å². The number of carbonyl (C=O) groups excluding carboxylic acids is 1. The largest absolute Gasteiger partial charge is 0.339 e. The van der Waals surface area contributed by atoms with Crippen molar-refractivity contribution in [1.82, 2.24) is 9.88 Å². The van der Waals surface area contributed by atoms with E-state index in [9.17, 15) is 4.79 Å². The van der Waals surface area contributed by atoms with Crippen molar-refractivity contribution < 1.29 is 4.79 Å². The lowest BCUT2D eigenvalue weighted by molar-refractivity contribution is 0.0725. The molecule has 1 saturated heterocycles. The second kappa shape index (κ2) is 6.54. The Balaban J connectivity index is 1.91. The van der Waals surface area contributed by atoms with Gasteiger partial charge in [-0.05, 0) is 69.6 Å². The molecule has 2 aromatic rings. The summed E-state index contributed by atoms with van der Waals surface area (Å²) in [5.74, 6) is 0.242. The number of amides is 1. The number of hydrogen-bond donors (Lipinski definition) is 0. The van der Waals surface area contributed by atoms with Gasteiger partial charge in [0, 0.05) is 24.2 Å². The van der Waals surface area contributed by atoms with Gasteiger partial charge in [-0.1, -0.05) is 18.1 Å². The molecule has 0 spiro atoms. The van der Waals surface area contributed by atoms with E-state index in [1.807, 2.05) is 0 Å². The first-order chi connectivity index (χ1) is 11.7. The van der Waals surface area contributed by atoms with E-state index in [2.05, 4.69) is 30.0 Å². The fourth-order valence-electron chi connectivity index (χ4n) is 4.21. The van der Waals surface area contributed by atoms with E-state index in [1.54, 1.807) is 0 Å². The molecule has 3 nitrogen and oxygen atoms in total. The van der Waals surface area contributed by atoms with E-state index in [1.165, 1.54) is 42.5 Å². The van der Waals surface area contributed by atoms with Gasteiger partial charge in [-0.3, -0.25) is 9.78 Å². The number of piperidine rings is 1. The zero-order valence-corrected chi connectivity index (χ0v) is 14.6. The number of likely N-dealkylation sites (tertiary alicyclic amines) is 1. The Kier molecular flexibility index (Phi) is 4.26. The molecule has 1 amide bonds. The van der Waals surface area contributed by atoms with Gasteiger partial charge in [0.2, 0.25) is 0 Å². The molecule has 0 radical (unpaired) electrons. The molecule has 0 bridgehead atoms. The number of aromatic nitrogens is 1. The normalized spacial score (nSPS) is 18.3. The highest BCUT2D eigenvalue weighted by Gasteiger charge is 2.26. The molecular formula is C21H26N2O. The molecule has 1 aliphatic heterocycles. The number of pyridine rings is 1. The van der Waals surface area contributed by atoms with E-state index >= 15 is 0 Å². The first-order valence-electron chi connectivity index (χ1n) is 9.45. The van der Waals surface area contributed by atoms with Crippen LogP contribution in [0.5, 0.6) is 0 Å². The maximum absolute atomic E-state index is 13.4. The number of hydrogen-bond acceptors (Lipinski definition) is 2. The molecule has 0 unspecified atom stereocenters. The highest BCUT2D eigenvalue weighted by Crippen LogP contribution is 2.31. The van der Waals surface area contributed by atoms with Crippen molar-refractivity contribution in [2.24, 2.45) is 0 Å². The molecule has 0 N–H and O–H groups in total. The van der Waals surface area contributed by atoms with Crippen molar-refractivity contribution in [2.75, 3.05) is 13.1 Å². The van der Waals surface area contributed by atoms with E-state index in [0.29, 0.717) is 0 Å². The number of carbonyl (C=O) groups is 1. The van der Waals surface area contributed by atoms with Gasteiger partial charge in [0.1, 0.15) is 0 Å². The Morgan fingerprint density at radius 1 is 1.00 bits per heavy atom. The van der Waals surface area contributed by atoms with E-state index in [0.717, 1.165) is 55.2 Å². The van der Waals surface area contributed by atoms with Crippen molar-refractivity contribution in [3.8, 4) is 0 Å². The summed E-state index contributed by atoms with van der Waals surface area (Å²) < 4.78 is 0. The molecule has 3 heteroatoms. The molecule has 24 heavy (non-hydrogen) atoms. The van der Waals surface area contributed by atoms with Crippen LogP contribution in [0.15, 0.2) is 18.2 Å². The summed E-state index contributed by atoms with van der Waals surface area (Å²) >= 11 is 0. The Bertz CT molecular complexity index is 775. The van der Waals surface area contributed by atoms with Crippen LogP contribution in [-0.4, -0.2) is 28.9 Å². The third kappa shape index (κ3) is 2.81. The predicted molar refractivity (Wildman–Crippen MR) is 97.5 cm³/mol. The first kappa shape index (κ1) is 15.6. The maximum Gasteiger partial charge on any atom is 0.254 e. The molecule has 0 saturated carbocycles. The average molecular weight is 322 g/mol. The average Bonchev–Trinajstić information content (AvgIpc) is 2.85. The summed E-state index contributed by atoms with van der Waals surface area (Å²) in [6.45, 7) is 3.91. The monoisotopic (exact) mass is 322 g/mol. The molecule has 2 heterocycles. The maximum atomic E-state index is 13.4. The lowest BCUT2D eigenvalue weighted by Gasteiger charge is -2.28. The summed E-state index contributed by atoms with van der Waals surface area (Å²) in [5.41, 5.74) is 5.56. The lowest BCUT2D eigenvalue weighted by Crippen LogP contribution is -2.36. The minimum absolute atomic E-state index is 0.242. The molecule has 1 aromatic carbocycles. The Labute approximate surface area is 144 Å². The standard InChI is InChI=1S/C21H26N2O/c1-15-10-11-19-17(14-15)20(21(24)23-12-6-3-7-13-23)16-8-4-2-5-9-18(16)22-19/h10-11,14H,2-9,12-13H2,1H3. The third-order valence-electron chi connectivity index (χ3n) is 5.52. The van der Waals surface area contributed by atoms with Gasteiger partial charge < -0.3 is 4.90 Å².